The van der Waals surface area contributed by atoms with Gasteiger partial charge in [-0.05, 0) is 19.1 Å². The molecule has 1 aromatic carbocycles. The third-order valence-electron chi connectivity index (χ3n) is 2.86. The van der Waals surface area contributed by atoms with E-state index in [0.717, 1.165) is 17.0 Å². The van der Waals surface area contributed by atoms with Gasteiger partial charge in [-0.15, -0.1) is 5.10 Å². The Kier molecular flexibility index (Phi) is 3.64. The van der Waals surface area contributed by atoms with E-state index >= 15 is 0 Å². The maximum absolute atomic E-state index is 5.50. The van der Waals surface area contributed by atoms with Crippen LogP contribution in [0.2, 0.25) is 0 Å². The van der Waals surface area contributed by atoms with Crippen LogP contribution in [0.15, 0.2) is 47.2 Å². The van der Waals surface area contributed by atoms with Crippen molar-refractivity contribution in [2.75, 3.05) is 0 Å². The molecule has 0 saturated heterocycles. The van der Waals surface area contributed by atoms with E-state index in [4.69, 9.17) is 4.42 Å². The van der Waals surface area contributed by atoms with Crippen LogP contribution < -0.4 is 0 Å². The Balaban J connectivity index is 1.77. The van der Waals surface area contributed by atoms with Gasteiger partial charge in [-0.1, -0.05) is 39.3 Å². The zero-order valence-electron chi connectivity index (χ0n) is 10.9. The predicted octanol–water partition coefficient (Wildman–Crippen LogP) is 3.44. The molecule has 1 atom stereocenters. The molecule has 102 valence electrons. The molecule has 5 nitrogen and oxygen atoms in total. The first kappa shape index (κ1) is 13.1. The first-order valence-electron chi connectivity index (χ1n) is 6.26. The Morgan fingerprint density at radius 3 is 2.80 bits per heavy atom. The van der Waals surface area contributed by atoms with Crippen LogP contribution in [0.3, 0.4) is 0 Å². The maximum atomic E-state index is 5.50. The molecule has 6 heteroatoms. The van der Waals surface area contributed by atoms with Crippen LogP contribution in [-0.4, -0.2) is 20.0 Å². The standard InChI is InChI=1S/C14H13BrN4O/c1-10(15)13-8-19(18-17-13)7-12-9-20-14(16-12)11-5-3-2-4-6-11/h2-6,8-10H,7H2,1H3. The summed E-state index contributed by atoms with van der Waals surface area (Å²) in [4.78, 5) is 4.65. The van der Waals surface area contributed by atoms with Gasteiger partial charge in [-0.25, -0.2) is 9.67 Å². The highest BCUT2D eigenvalue weighted by molar-refractivity contribution is 9.09. The molecule has 2 aromatic heterocycles. The number of hydrogen-bond donors (Lipinski definition) is 0. The van der Waals surface area contributed by atoms with Gasteiger partial charge in [-0.3, -0.25) is 0 Å². The van der Waals surface area contributed by atoms with Crippen molar-refractivity contribution in [2.24, 2.45) is 0 Å². The minimum atomic E-state index is 0.188. The van der Waals surface area contributed by atoms with Crippen molar-refractivity contribution in [3.8, 4) is 11.5 Å². The van der Waals surface area contributed by atoms with Crippen LogP contribution in [-0.2, 0) is 6.54 Å². The molecule has 2 heterocycles. The molecular weight excluding hydrogens is 320 g/mol. The second-order valence-corrected chi connectivity index (χ2v) is 5.84. The number of hydrogen-bond acceptors (Lipinski definition) is 4. The summed E-state index contributed by atoms with van der Waals surface area (Å²) >= 11 is 3.47. The molecule has 0 spiro atoms. The van der Waals surface area contributed by atoms with Gasteiger partial charge < -0.3 is 4.42 Å². The molecule has 1 unspecified atom stereocenters. The van der Waals surface area contributed by atoms with Crippen LogP contribution in [0.4, 0.5) is 0 Å². The van der Waals surface area contributed by atoms with Gasteiger partial charge >= 0.3 is 0 Å². The summed E-state index contributed by atoms with van der Waals surface area (Å²) in [5.74, 6) is 0.620. The van der Waals surface area contributed by atoms with E-state index in [1.54, 1.807) is 10.9 Å². The van der Waals surface area contributed by atoms with Gasteiger partial charge in [0, 0.05) is 5.56 Å². The SMILES string of the molecule is CC(Br)c1cn(Cc2coc(-c3ccccc3)n2)nn1. The first-order chi connectivity index (χ1) is 9.72. The molecule has 0 N–H and O–H groups in total. The van der Waals surface area contributed by atoms with E-state index in [2.05, 4.69) is 31.2 Å². The van der Waals surface area contributed by atoms with Crippen LogP contribution >= 0.6 is 15.9 Å². The summed E-state index contributed by atoms with van der Waals surface area (Å²) in [6.07, 6.45) is 3.55. The van der Waals surface area contributed by atoms with Crippen molar-refractivity contribution in [3.05, 3.63) is 54.2 Å². The highest BCUT2D eigenvalue weighted by Gasteiger charge is 2.10. The minimum Gasteiger partial charge on any atom is -0.444 e. The maximum Gasteiger partial charge on any atom is 0.226 e. The predicted molar refractivity (Wildman–Crippen MR) is 78.4 cm³/mol. The van der Waals surface area contributed by atoms with Gasteiger partial charge in [0.05, 0.1) is 23.3 Å². The monoisotopic (exact) mass is 332 g/mol. The first-order valence-corrected chi connectivity index (χ1v) is 7.18. The fourth-order valence-electron chi connectivity index (χ4n) is 1.83. The Morgan fingerprint density at radius 2 is 2.10 bits per heavy atom. The van der Waals surface area contributed by atoms with E-state index in [1.807, 2.05) is 43.5 Å². The lowest BCUT2D eigenvalue weighted by atomic mass is 10.2. The Labute approximate surface area is 124 Å². The van der Waals surface area contributed by atoms with Crippen molar-refractivity contribution in [2.45, 2.75) is 18.3 Å². The Hall–Kier alpha value is -1.95. The molecular formula is C14H13BrN4O. The normalized spacial score (nSPS) is 12.5. The molecule has 3 aromatic rings. The molecule has 0 bridgehead atoms. The summed E-state index contributed by atoms with van der Waals surface area (Å²) < 4.78 is 7.24. The van der Waals surface area contributed by atoms with Crippen LogP contribution in [0, 0.1) is 0 Å². The molecule has 0 aliphatic carbocycles. The number of nitrogens with zero attached hydrogens (tertiary/aromatic N) is 4. The lowest BCUT2D eigenvalue weighted by Gasteiger charge is -1.95. The Morgan fingerprint density at radius 1 is 1.30 bits per heavy atom. The number of aromatic nitrogens is 4. The lowest BCUT2D eigenvalue weighted by Crippen LogP contribution is -2.00. The summed E-state index contributed by atoms with van der Waals surface area (Å²) in [5, 5.41) is 8.15. The molecule has 0 radical (unpaired) electrons. The minimum absolute atomic E-state index is 0.188. The number of halogens is 1. The van der Waals surface area contributed by atoms with Crippen molar-refractivity contribution >= 4 is 15.9 Å². The molecule has 0 saturated carbocycles. The number of benzene rings is 1. The van der Waals surface area contributed by atoms with Gasteiger partial charge in [0.2, 0.25) is 5.89 Å². The smallest absolute Gasteiger partial charge is 0.226 e. The fourth-order valence-corrected chi connectivity index (χ4v) is 2.04. The topological polar surface area (TPSA) is 56.7 Å². The zero-order chi connectivity index (χ0) is 13.9. The summed E-state index contributed by atoms with van der Waals surface area (Å²) in [6.45, 7) is 2.56. The molecule has 0 fully saturated rings. The molecule has 3 rings (SSSR count). The molecule has 0 aliphatic rings. The number of rotatable bonds is 4. The van der Waals surface area contributed by atoms with Gasteiger partial charge in [0.1, 0.15) is 12.0 Å². The van der Waals surface area contributed by atoms with E-state index in [0.29, 0.717) is 12.4 Å². The van der Waals surface area contributed by atoms with Crippen LogP contribution in [0.1, 0.15) is 23.1 Å². The van der Waals surface area contributed by atoms with Gasteiger partial charge in [0.15, 0.2) is 0 Å². The molecule has 20 heavy (non-hydrogen) atoms. The van der Waals surface area contributed by atoms with Crippen LogP contribution in [0.25, 0.3) is 11.5 Å². The molecule has 0 amide bonds. The fraction of sp³-hybridized carbons (Fsp3) is 0.214. The number of oxazole rings is 1. The van der Waals surface area contributed by atoms with Crippen molar-refractivity contribution < 1.29 is 4.42 Å². The van der Waals surface area contributed by atoms with E-state index in [-0.39, 0.29) is 4.83 Å². The average molecular weight is 333 g/mol. The largest absolute Gasteiger partial charge is 0.444 e. The summed E-state index contributed by atoms with van der Waals surface area (Å²) in [6, 6.07) is 9.82. The second-order valence-electron chi connectivity index (χ2n) is 4.47. The van der Waals surface area contributed by atoms with Crippen molar-refractivity contribution in [3.63, 3.8) is 0 Å². The number of alkyl halides is 1. The second kappa shape index (κ2) is 5.58. The zero-order valence-corrected chi connectivity index (χ0v) is 12.5. The van der Waals surface area contributed by atoms with Crippen molar-refractivity contribution in [1.29, 1.82) is 0 Å². The highest BCUT2D eigenvalue weighted by Crippen LogP contribution is 2.20. The lowest BCUT2D eigenvalue weighted by molar-refractivity contribution is 0.568. The van der Waals surface area contributed by atoms with Gasteiger partial charge in [-0.2, -0.15) is 0 Å². The van der Waals surface area contributed by atoms with Crippen molar-refractivity contribution in [1.82, 2.24) is 20.0 Å². The Bertz CT molecular complexity index is 690. The van der Waals surface area contributed by atoms with E-state index in [1.165, 1.54) is 0 Å². The highest BCUT2D eigenvalue weighted by atomic mass is 79.9. The van der Waals surface area contributed by atoms with E-state index in [9.17, 15) is 0 Å². The molecule has 0 aliphatic heterocycles. The van der Waals surface area contributed by atoms with Gasteiger partial charge in [0.25, 0.3) is 0 Å². The summed E-state index contributed by atoms with van der Waals surface area (Å²) in [7, 11) is 0. The third kappa shape index (κ3) is 2.80. The average Bonchev–Trinajstić information content (AvgIpc) is 3.10. The summed E-state index contributed by atoms with van der Waals surface area (Å²) in [5.41, 5.74) is 2.69. The third-order valence-corrected chi connectivity index (χ3v) is 3.33. The van der Waals surface area contributed by atoms with E-state index < -0.39 is 0 Å². The van der Waals surface area contributed by atoms with Crippen LogP contribution in [0.5, 0.6) is 0 Å². The quantitative estimate of drug-likeness (QED) is 0.687.